The molecule has 3 aromatic carbocycles. The van der Waals surface area contributed by atoms with Crippen molar-refractivity contribution < 1.29 is 32.3 Å². The summed E-state index contributed by atoms with van der Waals surface area (Å²) in [4.78, 5) is 39.4. The van der Waals surface area contributed by atoms with Crippen LogP contribution in [-0.2, 0) is 15.7 Å². The number of anilines is 3. The second kappa shape index (κ2) is 11.8. The summed E-state index contributed by atoms with van der Waals surface area (Å²) in [5.74, 6) is -1.11. The molecule has 0 aliphatic carbocycles. The smallest absolute Gasteiger partial charge is 0.378 e. The van der Waals surface area contributed by atoms with Gasteiger partial charge in [-0.2, -0.15) is 13.2 Å². The van der Waals surface area contributed by atoms with Crippen LogP contribution in [-0.4, -0.2) is 55.5 Å². The van der Waals surface area contributed by atoms with Gasteiger partial charge in [0.2, 0.25) is 5.91 Å². The Kier molecular flexibility index (Phi) is 8.27. The molecule has 0 bridgehead atoms. The van der Waals surface area contributed by atoms with Crippen LogP contribution in [0.15, 0.2) is 72.8 Å². The lowest BCUT2D eigenvalue weighted by atomic mass is 10.1. The number of morpholine rings is 1. The molecule has 1 aliphatic rings. The molecule has 198 valence electrons. The van der Waals surface area contributed by atoms with Gasteiger partial charge in [0.1, 0.15) is 0 Å². The van der Waals surface area contributed by atoms with E-state index in [1.54, 1.807) is 41.3 Å². The highest BCUT2D eigenvalue weighted by molar-refractivity contribution is 6.05. The van der Waals surface area contributed by atoms with Crippen LogP contribution in [0.5, 0.6) is 0 Å². The summed E-state index contributed by atoms with van der Waals surface area (Å²) in [6.45, 7) is 1.87. The predicted octanol–water partition coefficient (Wildman–Crippen LogP) is 4.48. The number of hydrogen-bond donors (Lipinski definition) is 3. The molecule has 3 aromatic rings. The van der Waals surface area contributed by atoms with Crippen molar-refractivity contribution in [3.63, 3.8) is 0 Å². The fourth-order valence-electron chi connectivity index (χ4n) is 3.81. The normalized spacial score (nSPS) is 13.5. The number of nitrogens with one attached hydrogen (secondary N) is 3. The molecule has 0 atom stereocenters. The van der Waals surface area contributed by atoms with Gasteiger partial charge >= 0.3 is 6.18 Å². The summed E-state index contributed by atoms with van der Waals surface area (Å²) in [5.41, 5.74) is 0.724. The number of carbonyl (C=O) groups excluding carboxylic acids is 3. The molecule has 1 heterocycles. The number of halogens is 3. The van der Waals surface area contributed by atoms with E-state index in [4.69, 9.17) is 4.74 Å². The summed E-state index contributed by atoms with van der Waals surface area (Å²) in [6.07, 6.45) is -4.52. The number of alkyl halides is 3. The average molecular weight is 527 g/mol. The highest BCUT2D eigenvalue weighted by atomic mass is 19.4. The molecule has 8 nitrogen and oxygen atoms in total. The molecule has 0 saturated carbocycles. The van der Waals surface area contributed by atoms with Crippen LogP contribution in [0.2, 0.25) is 0 Å². The van der Waals surface area contributed by atoms with Crippen molar-refractivity contribution in [1.82, 2.24) is 4.90 Å². The van der Waals surface area contributed by atoms with Crippen LogP contribution >= 0.6 is 0 Å². The van der Waals surface area contributed by atoms with E-state index < -0.39 is 17.6 Å². The molecule has 0 spiro atoms. The van der Waals surface area contributed by atoms with Gasteiger partial charge in [-0.25, -0.2) is 0 Å². The number of amides is 3. The van der Waals surface area contributed by atoms with Gasteiger partial charge in [-0.1, -0.05) is 18.2 Å². The van der Waals surface area contributed by atoms with Gasteiger partial charge in [0, 0.05) is 41.3 Å². The molecular weight excluding hydrogens is 501 g/mol. The lowest BCUT2D eigenvalue weighted by Gasteiger charge is -2.27. The van der Waals surface area contributed by atoms with Crippen LogP contribution in [0.4, 0.5) is 30.2 Å². The third-order valence-electron chi connectivity index (χ3n) is 5.72. The second-order valence-corrected chi connectivity index (χ2v) is 8.50. The Morgan fingerprint density at radius 1 is 0.789 bits per heavy atom. The third kappa shape index (κ3) is 7.10. The molecule has 1 aliphatic heterocycles. The molecule has 1 fully saturated rings. The zero-order chi connectivity index (χ0) is 27.1. The van der Waals surface area contributed by atoms with E-state index >= 15 is 0 Å². The fraction of sp³-hybridized carbons (Fsp3) is 0.222. The van der Waals surface area contributed by atoms with Crippen molar-refractivity contribution in [3.05, 3.63) is 89.5 Å². The van der Waals surface area contributed by atoms with Crippen LogP contribution in [0.25, 0.3) is 0 Å². The van der Waals surface area contributed by atoms with Gasteiger partial charge in [-0.15, -0.1) is 0 Å². The fourth-order valence-corrected chi connectivity index (χ4v) is 3.81. The Bertz CT molecular complexity index is 1320. The van der Waals surface area contributed by atoms with E-state index in [2.05, 4.69) is 16.0 Å². The number of hydrogen-bond acceptors (Lipinski definition) is 5. The van der Waals surface area contributed by atoms with Crippen LogP contribution < -0.4 is 16.0 Å². The van der Waals surface area contributed by atoms with E-state index in [1.807, 2.05) is 0 Å². The second-order valence-electron chi connectivity index (χ2n) is 8.50. The summed E-state index contributed by atoms with van der Waals surface area (Å²) in [5, 5.41) is 8.09. The maximum absolute atomic E-state index is 12.9. The lowest BCUT2D eigenvalue weighted by molar-refractivity contribution is -0.137. The highest BCUT2D eigenvalue weighted by Gasteiger charge is 2.30. The predicted molar refractivity (Wildman–Crippen MR) is 136 cm³/mol. The number of ether oxygens (including phenoxy) is 1. The quantitative estimate of drug-likeness (QED) is 0.422. The first kappa shape index (κ1) is 26.7. The van der Waals surface area contributed by atoms with Crippen molar-refractivity contribution in [3.8, 4) is 0 Å². The number of benzene rings is 3. The molecule has 1 saturated heterocycles. The standard InChI is InChI=1S/C27H25F3N4O4/c28-27(29,30)20-6-3-9-23(16-20)33-25(36)18-4-1-7-21(14-18)31-17-24(35)32-22-8-2-5-19(15-22)26(37)34-10-12-38-13-11-34/h1-9,14-16,31H,10-13,17H2,(H,32,35)(H,33,36). The van der Waals surface area contributed by atoms with Gasteiger partial charge in [-0.3, -0.25) is 14.4 Å². The van der Waals surface area contributed by atoms with Crippen molar-refractivity contribution in [1.29, 1.82) is 0 Å². The molecule has 3 amide bonds. The van der Waals surface area contributed by atoms with Gasteiger partial charge in [0.15, 0.2) is 0 Å². The largest absolute Gasteiger partial charge is 0.416 e. The molecule has 4 rings (SSSR count). The van der Waals surface area contributed by atoms with Gasteiger partial charge in [-0.05, 0) is 54.6 Å². The molecule has 3 N–H and O–H groups in total. The molecule has 11 heteroatoms. The first-order valence-corrected chi connectivity index (χ1v) is 11.8. The van der Waals surface area contributed by atoms with Gasteiger partial charge in [0.05, 0.1) is 25.3 Å². The monoisotopic (exact) mass is 526 g/mol. The van der Waals surface area contributed by atoms with Gasteiger partial charge in [0.25, 0.3) is 11.8 Å². The first-order chi connectivity index (χ1) is 18.2. The molecule has 0 unspecified atom stereocenters. The Morgan fingerprint density at radius 2 is 1.39 bits per heavy atom. The Balaban J connectivity index is 1.33. The highest BCUT2D eigenvalue weighted by Crippen LogP contribution is 2.30. The third-order valence-corrected chi connectivity index (χ3v) is 5.72. The van der Waals surface area contributed by atoms with Crippen molar-refractivity contribution in [2.24, 2.45) is 0 Å². The topological polar surface area (TPSA) is 99.8 Å². The number of rotatable bonds is 7. The minimum atomic E-state index is -4.52. The summed E-state index contributed by atoms with van der Waals surface area (Å²) >= 11 is 0. The van der Waals surface area contributed by atoms with Crippen LogP contribution in [0.3, 0.4) is 0 Å². The minimum absolute atomic E-state index is 0.0110. The van der Waals surface area contributed by atoms with E-state index in [-0.39, 0.29) is 29.6 Å². The van der Waals surface area contributed by atoms with E-state index in [1.165, 1.54) is 24.3 Å². The number of nitrogens with zero attached hydrogens (tertiary/aromatic N) is 1. The van der Waals surface area contributed by atoms with Crippen molar-refractivity contribution >= 4 is 34.8 Å². The van der Waals surface area contributed by atoms with Crippen LogP contribution in [0, 0.1) is 0 Å². The Morgan fingerprint density at radius 3 is 2.11 bits per heavy atom. The SMILES string of the molecule is O=C(CNc1cccc(C(=O)Nc2cccc(C(F)(F)F)c2)c1)Nc1cccc(C(=O)N2CCOCC2)c1. The molecule has 38 heavy (non-hydrogen) atoms. The molecular formula is C27H25F3N4O4. The van der Waals surface area contributed by atoms with E-state index in [0.29, 0.717) is 43.2 Å². The summed E-state index contributed by atoms with van der Waals surface area (Å²) in [6, 6.07) is 17.2. The zero-order valence-corrected chi connectivity index (χ0v) is 20.2. The van der Waals surface area contributed by atoms with Crippen molar-refractivity contribution in [2.75, 3.05) is 48.8 Å². The first-order valence-electron chi connectivity index (χ1n) is 11.8. The van der Waals surface area contributed by atoms with E-state index in [0.717, 1.165) is 12.1 Å². The maximum Gasteiger partial charge on any atom is 0.416 e. The van der Waals surface area contributed by atoms with Crippen molar-refractivity contribution in [2.45, 2.75) is 6.18 Å². The maximum atomic E-state index is 12.9. The Hall–Kier alpha value is -4.38. The minimum Gasteiger partial charge on any atom is -0.378 e. The Labute approximate surface area is 216 Å². The van der Waals surface area contributed by atoms with Crippen LogP contribution in [0.1, 0.15) is 26.3 Å². The molecule has 0 radical (unpaired) electrons. The van der Waals surface area contributed by atoms with Gasteiger partial charge < -0.3 is 25.6 Å². The number of carbonyl (C=O) groups is 3. The lowest BCUT2D eigenvalue weighted by Crippen LogP contribution is -2.40. The summed E-state index contributed by atoms with van der Waals surface area (Å²) in [7, 11) is 0. The summed E-state index contributed by atoms with van der Waals surface area (Å²) < 4.78 is 44.1. The molecule has 0 aromatic heterocycles. The zero-order valence-electron chi connectivity index (χ0n) is 20.2. The average Bonchev–Trinajstić information content (AvgIpc) is 2.92. The van der Waals surface area contributed by atoms with E-state index in [9.17, 15) is 27.6 Å².